The Morgan fingerprint density at radius 1 is 1.44 bits per heavy atom. The van der Waals surface area contributed by atoms with Gasteiger partial charge in [-0.2, -0.15) is 0 Å². The summed E-state index contributed by atoms with van der Waals surface area (Å²) >= 11 is 0. The van der Waals surface area contributed by atoms with Crippen LogP contribution in [0.25, 0.3) is 0 Å². The molecule has 2 unspecified atom stereocenters. The number of nitrogens with zero attached hydrogens (tertiary/aromatic N) is 1. The highest BCUT2D eigenvalue weighted by Gasteiger charge is 2.33. The molecule has 0 bridgehead atoms. The number of carbonyl (C=O) groups is 2. The fraction of sp³-hybridized carbons (Fsp3) is 0.846. The van der Waals surface area contributed by atoms with E-state index in [0.717, 1.165) is 6.42 Å². The zero-order valence-corrected chi connectivity index (χ0v) is 11.6. The number of hydrogen-bond acceptors (Lipinski definition) is 4. The molecule has 0 spiro atoms. The van der Waals surface area contributed by atoms with Gasteiger partial charge < -0.3 is 14.4 Å². The van der Waals surface area contributed by atoms with Crippen molar-refractivity contribution in [2.75, 3.05) is 19.8 Å². The maximum atomic E-state index is 12.3. The van der Waals surface area contributed by atoms with Crippen molar-refractivity contribution in [1.29, 1.82) is 0 Å². The van der Waals surface area contributed by atoms with Crippen molar-refractivity contribution in [2.45, 2.75) is 46.3 Å². The van der Waals surface area contributed by atoms with E-state index in [9.17, 15) is 9.59 Å². The van der Waals surface area contributed by atoms with Gasteiger partial charge in [0.2, 0.25) is 5.91 Å². The third kappa shape index (κ3) is 3.98. The second-order valence-electron chi connectivity index (χ2n) is 4.94. The number of rotatable bonds is 5. The van der Waals surface area contributed by atoms with Crippen LogP contribution in [0, 0.1) is 5.92 Å². The normalized spacial score (nSPS) is 23.2. The number of esters is 1. The van der Waals surface area contributed by atoms with Gasteiger partial charge in [0.05, 0.1) is 25.2 Å². The van der Waals surface area contributed by atoms with Crippen molar-refractivity contribution in [3.8, 4) is 0 Å². The molecular weight excluding hydrogens is 234 g/mol. The molecule has 0 saturated carbocycles. The van der Waals surface area contributed by atoms with Crippen molar-refractivity contribution in [3.05, 3.63) is 0 Å². The molecule has 1 aliphatic rings. The van der Waals surface area contributed by atoms with E-state index in [1.165, 1.54) is 0 Å². The zero-order valence-electron chi connectivity index (χ0n) is 11.6. The van der Waals surface area contributed by atoms with Crippen LogP contribution < -0.4 is 0 Å². The van der Waals surface area contributed by atoms with Crippen LogP contribution in [0.2, 0.25) is 0 Å². The highest BCUT2D eigenvalue weighted by Crippen LogP contribution is 2.22. The molecule has 5 nitrogen and oxygen atoms in total. The van der Waals surface area contributed by atoms with Crippen LogP contribution in [0.15, 0.2) is 0 Å². The maximum Gasteiger partial charge on any atom is 0.325 e. The van der Waals surface area contributed by atoms with Crippen molar-refractivity contribution in [3.63, 3.8) is 0 Å². The van der Waals surface area contributed by atoms with Gasteiger partial charge in [-0.25, -0.2) is 0 Å². The van der Waals surface area contributed by atoms with Gasteiger partial charge in [0.25, 0.3) is 0 Å². The van der Waals surface area contributed by atoms with Crippen molar-refractivity contribution in [2.24, 2.45) is 5.92 Å². The van der Waals surface area contributed by atoms with Crippen LogP contribution in [-0.4, -0.2) is 48.7 Å². The molecule has 104 valence electrons. The Morgan fingerprint density at radius 2 is 2.11 bits per heavy atom. The Morgan fingerprint density at radius 3 is 2.56 bits per heavy atom. The van der Waals surface area contributed by atoms with Gasteiger partial charge in [0.15, 0.2) is 0 Å². The number of carbonyl (C=O) groups excluding carboxylic acids is 2. The smallest absolute Gasteiger partial charge is 0.325 e. The van der Waals surface area contributed by atoms with Gasteiger partial charge in [-0.1, -0.05) is 0 Å². The summed E-state index contributed by atoms with van der Waals surface area (Å²) in [5, 5.41) is 0. The lowest BCUT2D eigenvalue weighted by Crippen LogP contribution is -2.44. The number of ether oxygens (including phenoxy) is 2. The quantitative estimate of drug-likeness (QED) is 0.695. The monoisotopic (exact) mass is 257 g/mol. The van der Waals surface area contributed by atoms with Crippen LogP contribution in [-0.2, 0) is 19.1 Å². The summed E-state index contributed by atoms with van der Waals surface area (Å²) < 4.78 is 10.3. The molecule has 0 aliphatic carbocycles. The molecule has 0 radical (unpaired) electrons. The number of amides is 1. The molecule has 1 aliphatic heterocycles. The van der Waals surface area contributed by atoms with Crippen LogP contribution in [0.1, 0.15) is 34.1 Å². The first kappa shape index (κ1) is 15.0. The fourth-order valence-corrected chi connectivity index (χ4v) is 2.08. The van der Waals surface area contributed by atoms with Gasteiger partial charge in [-0.3, -0.25) is 9.59 Å². The average Bonchev–Trinajstić information content (AvgIpc) is 2.72. The molecule has 5 heteroatoms. The average molecular weight is 257 g/mol. The minimum atomic E-state index is -0.355. The van der Waals surface area contributed by atoms with Crippen molar-refractivity contribution >= 4 is 11.9 Å². The SMILES string of the molecule is CCOC(=O)CN(C(=O)C1COC(C)C1)C(C)C. The third-order valence-corrected chi connectivity index (χ3v) is 3.06. The molecule has 0 N–H and O–H groups in total. The van der Waals surface area contributed by atoms with Gasteiger partial charge in [0.1, 0.15) is 6.54 Å². The van der Waals surface area contributed by atoms with E-state index in [2.05, 4.69) is 0 Å². The second-order valence-corrected chi connectivity index (χ2v) is 4.94. The molecule has 0 aromatic rings. The third-order valence-electron chi connectivity index (χ3n) is 3.06. The summed E-state index contributed by atoms with van der Waals surface area (Å²) in [4.78, 5) is 25.4. The Hall–Kier alpha value is -1.10. The Labute approximate surface area is 108 Å². The summed E-state index contributed by atoms with van der Waals surface area (Å²) in [6, 6.07) is -0.0159. The molecule has 0 aromatic heterocycles. The molecule has 1 fully saturated rings. The molecule has 1 amide bonds. The van der Waals surface area contributed by atoms with Crippen LogP contribution >= 0.6 is 0 Å². The minimum absolute atomic E-state index is 0.0117. The Kier molecular flexibility index (Phi) is 5.59. The molecule has 1 saturated heterocycles. The first-order valence-corrected chi connectivity index (χ1v) is 6.53. The van der Waals surface area contributed by atoms with Crippen LogP contribution in [0.4, 0.5) is 0 Å². The highest BCUT2D eigenvalue weighted by atomic mass is 16.5. The van der Waals surface area contributed by atoms with Crippen molar-refractivity contribution in [1.82, 2.24) is 4.90 Å². The van der Waals surface area contributed by atoms with E-state index in [4.69, 9.17) is 9.47 Å². The van der Waals surface area contributed by atoms with Gasteiger partial charge in [-0.05, 0) is 34.1 Å². The molecule has 2 atom stereocenters. The van der Waals surface area contributed by atoms with Crippen LogP contribution in [0.3, 0.4) is 0 Å². The van der Waals surface area contributed by atoms with Crippen LogP contribution in [0.5, 0.6) is 0 Å². The Balaban J connectivity index is 2.61. The molecule has 0 aromatic carbocycles. The van der Waals surface area contributed by atoms with E-state index < -0.39 is 0 Å². The lowest BCUT2D eigenvalue weighted by molar-refractivity contribution is -0.151. The van der Waals surface area contributed by atoms with E-state index in [1.807, 2.05) is 20.8 Å². The maximum absolute atomic E-state index is 12.3. The van der Waals surface area contributed by atoms with Crippen molar-refractivity contribution < 1.29 is 19.1 Å². The predicted molar refractivity (Wildman–Crippen MR) is 67.0 cm³/mol. The summed E-state index contributed by atoms with van der Waals surface area (Å²) in [7, 11) is 0. The summed E-state index contributed by atoms with van der Waals surface area (Å²) in [5.41, 5.74) is 0. The molecule has 18 heavy (non-hydrogen) atoms. The van der Waals surface area contributed by atoms with E-state index in [0.29, 0.717) is 13.2 Å². The van der Waals surface area contributed by atoms with E-state index in [-0.39, 0.29) is 36.5 Å². The summed E-state index contributed by atoms with van der Waals surface area (Å²) in [5.74, 6) is -0.495. The summed E-state index contributed by atoms with van der Waals surface area (Å²) in [6.45, 7) is 8.32. The van der Waals surface area contributed by atoms with Gasteiger partial charge >= 0.3 is 5.97 Å². The Bertz CT molecular complexity index is 303. The zero-order chi connectivity index (χ0) is 13.7. The lowest BCUT2D eigenvalue weighted by atomic mass is 10.0. The minimum Gasteiger partial charge on any atom is -0.465 e. The second kappa shape index (κ2) is 6.73. The summed E-state index contributed by atoms with van der Waals surface area (Å²) in [6.07, 6.45) is 0.848. The topological polar surface area (TPSA) is 55.8 Å². The standard InChI is InChI=1S/C13H23NO4/c1-5-17-12(15)7-14(9(2)3)13(16)11-6-10(4)18-8-11/h9-11H,5-8H2,1-4H3. The molecule has 1 heterocycles. The molecular formula is C13H23NO4. The largest absolute Gasteiger partial charge is 0.465 e. The fourth-order valence-electron chi connectivity index (χ4n) is 2.08. The highest BCUT2D eigenvalue weighted by molar-refractivity contribution is 5.84. The predicted octanol–water partition coefficient (Wildman–Crippen LogP) is 1.21. The molecule has 1 rings (SSSR count). The first-order valence-electron chi connectivity index (χ1n) is 6.53. The first-order chi connectivity index (χ1) is 8.45. The van der Waals surface area contributed by atoms with Gasteiger partial charge in [0, 0.05) is 6.04 Å². The van der Waals surface area contributed by atoms with Gasteiger partial charge in [-0.15, -0.1) is 0 Å². The lowest BCUT2D eigenvalue weighted by Gasteiger charge is -2.28. The van der Waals surface area contributed by atoms with E-state index >= 15 is 0 Å². The number of hydrogen-bond donors (Lipinski definition) is 0. The van der Waals surface area contributed by atoms with E-state index in [1.54, 1.807) is 11.8 Å².